The molecule has 1 radical (unpaired) electrons. The zero-order valence-corrected chi connectivity index (χ0v) is 4.89. The lowest BCUT2D eigenvalue weighted by Crippen LogP contribution is -2.17. The molecule has 0 N–H and O–H groups in total. The van der Waals surface area contributed by atoms with Crippen LogP contribution in [0.3, 0.4) is 0 Å². The molecule has 5 heteroatoms. The molecule has 1 heterocycles. The van der Waals surface area contributed by atoms with Gasteiger partial charge in [0, 0.05) is 12.3 Å². The first kappa shape index (κ1) is 7.11. The highest BCUT2D eigenvalue weighted by atomic mass is 19.4. The Morgan fingerprint density at radius 2 is 2.20 bits per heavy atom. The van der Waals surface area contributed by atoms with E-state index >= 15 is 0 Å². The van der Waals surface area contributed by atoms with Crippen molar-refractivity contribution in [2.45, 2.75) is 12.7 Å². The maximum atomic E-state index is 11.5. The lowest BCUT2D eigenvalue weighted by atomic mass is 10.6. The molecule has 0 atom stereocenters. The summed E-state index contributed by atoms with van der Waals surface area (Å²) in [6, 6.07) is 2.40. The molecule has 0 aliphatic carbocycles. The van der Waals surface area contributed by atoms with Crippen LogP contribution in [0.25, 0.3) is 0 Å². The second kappa shape index (κ2) is 2.32. The van der Waals surface area contributed by atoms with Crippen LogP contribution in [-0.4, -0.2) is 16.0 Å². The molecule has 0 aromatic carbocycles. The monoisotopic (exact) mass is 149 g/mol. The molecule has 0 spiro atoms. The van der Waals surface area contributed by atoms with Crippen molar-refractivity contribution in [1.82, 2.24) is 9.78 Å². The summed E-state index contributed by atoms with van der Waals surface area (Å²) in [6.07, 6.45) is -1.86. The summed E-state index contributed by atoms with van der Waals surface area (Å²) < 4.78 is 35.4. The highest BCUT2D eigenvalue weighted by molar-refractivity contribution is 4.75. The van der Waals surface area contributed by atoms with Crippen LogP contribution in [-0.2, 0) is 6.54 Å². The van der Waals surface area contributed by atoms with E-state index in [9.17, 15) is 13.2 Å². The maximum absolute atomic E-state index is 11.5. The molecule has 2 nitrogen and oxygen atoms in total. The summed E-state index contributed by atoms with van der Waals surface area (Å²) in [5.41, 5.74) is 0. The van der Waals surface area contributed by atoms with Crippen LogP contribution in [0.15, 0.2) is 12.4 Å². The van der Waals surface area contributed by atoms with E-state index in [2.05, 4.69) is 11.2 Å². The number of nitrogens with zero attached hydrogens (tertiary/aromatic N) is 2. The van der Waals surface area contributed by atoms with E-state index < -0.39 is 12.7 Å². The fraction of sp³-hybridized carbons (Fsp3) is 0.400. The quantitative estimate of drug-likeness (QED) is 0.587. The van der Waals surface area contributed by atoms with Crippen molar-refractivity contribution in [1.29, 1.82) is 0 Å². The Morgan fingerprint density at radius 1 is 1.50 bits per heavy atom. The van der Waals surface area contributed by atoms with Gasteiger partial charge in [0.25, 0.3) is 0 Å². The molecule has 0 saturated carbocycles. The van der Waals surface area contributed by atoms with Gasteiger partial charge in [-0.3, -0.25) is 4.68 Å². The molecular formula is C5H4F3N2. The van der Waals surface area contributed by atoms with Crippen LogP contribution in [0.5, 0.6) is 0 Å². The average Bonchev–Trinajstić information content (AvgIpc) is 2.12. The third-order valence-corrected chi connectivity index (χ3v) is 0.845. The van der Waals surface area contributed by atoms with Gasteiger partial charge in [-0.15, -0.1) is 0 Å². The summed E-state index contributed by atoms with van der Waals surface area (Å²) >= 11 is 0. The van der Waals surface area contributed by atoms with Crippen molar-refractivity contribution in [3.05, 3.63) is 18.5 Å². The molecule has 0 aliphatic rings. The molecule has 55 valence electrons. The first-order chi connectivity index (χ1) is 4.58. The molecule has 0 bridgehead atoms. The number of rotatable bonds is 1. The van der Waals surface area contributed by atoms with Crippen LogP contribution in [0, 0.1) is 6.07 Å². The van der Waals surface area contributed by atoms with Gasteiger partial charge in [-0.05, 0) is 0 Å². The molecule has 0 saturated heterocycles. The molecule has 0 unspecified atom stereocenters. The molecule has 0 fully saturated rings. The summed E-state index contributed by atoms with van der Waals surface area (Å²) in [5, 5.41) is 3.34. The van der Waals surface area contributed by atoms with Crippen molar-refractivity contribution >= 4 is 0 Å². The largest absolute Gasteiger partial charge is 0.408 e. The Kier molecular flexibility index (Phi) is 1.65. The normalized spacial score (nSPS) is 11.9. The fourth-order valence-corrected chi connectivity index (χ4v) is 0.530. The van der Waals surface area contributed by atoms with Crippen LogP contribution in [0.4, 0.5) is 13.2 Å². The number of halogens is 3. The summed E-state index contributed by atoms with van der Waals surface area (Å²) in [5.74, 6) is 0. The van der Waals surface area contributed by atoms with Crippen LogP contribution in [0.2, 0.25) is 0 Å². The van der Waals surface area contributed by atoms with Crippen LogP contribution in [0.1, 0.15) is 0 Å². The second-order valence-electron chi connectivity index (χ2n) is 1.75. The molecule has 1 rings (SSSR count). The maximum Gasteiger partial charge on any atom is 0.408 e. The van der Waals surface area contributed by atoms with Gasteiger partial charge in [0.15, 0.2) is 0 Å². The van der Waals surface area contributed by atoms with Gasteiger partial charge in [-0.2, -0.15) is 18.3 Å². The molecule has 0 amide bonds. The lowest BCUT2D eigenvalue weighted by Gasteiger charge is -2.04. The minimum atomic E-state index is -4.19. The SMILES string of the molecule is FC(F)(F)Cn1c[c]cn1. The van der Waals surface area contributed by atoms with Gasteiger partial charge < -0.3 is 0 Å². The van der Waals surface area contributed by atoms with Gasteiger partial charge in [0.2, 0.25) is 0 Å². The highest BCUT2D eigenvalue weighted by Crippen LogP contribution is 2.16. The number of aromatic nitrogens is 2. The summed E-state index contributed by atoms with van der Waals surface area (Å²) in [6.45, 7) is -1.05. The van der Waals surface area contributed by atoms with E-state index in [0.717, 1.165) is 10.9 Å². The van der Waals surface area contributed by atoms with E-state index in [1.807, 2.05) is 0 Å². The Labute approximate surface area is 55.3 Å². The standard InChI is InChI=1S/C5H4F3N2/c6-5(7,8)4-10-3-1-2-9-10/h2-3H,4H2. The topological polar surface area (TPSA) is 17.8 Å². The number of hydrogen-bond acceptors (Lipinski definition) is 1. The van der Waals surface area contributed by atoms with Gasteiger partial charge in [0.05, 0.1) is 6.20 Å². The van der Waals surface area contributed by atoms with Crippen molar-refractivity contribution in [3.8, 4) is 0 Å². The zero-order valence-electron chi connectivity index (χ0n) is 4.89. The smallest absolute Gasteiger partial charge is 0.263 e. The first-order valence-electron chi connectivity index (χ1n) is 2.53. The minimum Gasteiger partial charge on any atom is -0.263 e. The predicted octanol–water partition coefficient (Wildman–Crippen LogP) is 1.25. The Hall–Kier alpha value is -1.00. The van der Waals surface area contributed by atoms with E-state index in [1.54, 1.807) is 0 Å². The van der Waals surface area contributed by atoms with Crippen molar-refractivity contribution in [3.63, 3.8) is 0 Å². The molecule has 1 aromatic rings. The van der Waals surface area contributed by atoms with E-state index in [-0.39, 0.29) is 0 Å². The first-order valence-corrected chi connectivity index (χ1v) is 2.53. The van der Waals surface area contributed by atoms with E-state index in [0.29, 0.717) is 0 Å². The van der Waals surface area contributed by atoms with Crippen molar-refractivity contribution in [2.24, 2.45) is 0 Å². The number of alkyl halides is 3. The Bertz CT molecular complexity index is 189. The van der Waals surface area contributed by atoms with Crippen LogP contribution >= 0.6 is 0 Å². The third-order valence-electron chi connectivity index (χ3n) is 0.845. The minimum absolute atomic E-state index is 0.778. The number of hydrogen-bond donors (Lipinski definition) is 0. The van der Waals surface area contributed by atoms with Crippen molar-refractivity contribution < 1.29 is 13.2 Å². The molecular weight excluding hydrogens is 145 g/mol. The Balaban J connectivity index is 2.57. The average molecular weight is 149 g/mol. The van der Waals surface area contributed by atoms with Crippen LogP contribution < -0.4 is 0 Å². The van der Waals surface area contributed by atoms with Gasteiger partial charge in [-0.25, -0.2) is 0 Å². The fourth-order valence-electron chi connectivity index (χ4n) is 0.530. The molecule has 10 heavy (non-hydrogen) atoms. The summed E-state index contributed by atoms with van der Waals surface area (Å²) in [7, 11) is 0. The highest BCUT2D eigenvalue weighted by Gasteiger charge is 2.27. The van der Waals surface area contributed by atoms with Gasteiger partial charge in [0.1, 0.15) is 6.54 Å². The van der Waals surface area contributed by atoms with Crippen molar-refractivity contribution in [2.75, 3.05) is 0 Å². The zero-order chi connectivity index (χ0) is 7.61. The van der Waals surface area contributed by atoms with Gasteiger partial charge >= 0.3 is 6.18 Å². The second-order valence-corrected chi connectivity index (χ2v) is 1.75. The Morgan fingerprint density at radius 3 is 2.60 bits per heavy atom. The van der Waals surface area contributed by atoms with E-state index in [1.165, 1.54) is 6.20 Å². The molecule has 0 aliphatic heterocycles. The third kappa shape index (κ3) is 2.08. The lowest BCUT2D eigenvalue weighted by molar-refractivity contribution is -0.142. The summed E-state index contributed by atoms with van der Waals surface area (Å²) in [4.78, 5) is 0. The predicted molar refractivity (Wildman–Crippen MR) is 27.1 cm³/mol. The van der Waals surface area contributed by atoms with Gasteiger partial charge in [-0.1, -0.05) is 0 Å². The van der Waals surface area contributed by atoms with E-state index in [4.69, 9.17) is 0 Å². The molecule has 1 aromatic heterocycles.